The van der Waals surface area contributed by atoms with Crippen LogP contribution < -0.4 is 10.1 Å². The Kier molecular flexibility index (Phi) is 6.87. The number of hydrogen-bond acceptors (Lipinski definition) is 5. The van der Waals surface area contributed by atoms with Crippen molar-refractivity contribution < 1.29 is 24.4 Å². The fourth-order valence-corrected chi connectivity index (χ4v) is 2.57. The molecule has 0 fully saturated rings. The smallest absolute Gasteiger partial charge is 0.305 e. The van der Waals surface area contributed by atoms with Gasteiger partial charge in [-0.1, -0.05) is 24.3 Å². The van der Waals surface area contributed by atoms with E-state index in [-0.39, 0.29) is 24.4 Å². The summed E-state index contributed by atoms with van der Waals surface area (Å²) in [7, 11) is 1.57. The summed E-state index contributed by atoms with van der Waals surface area (Å²) in [6, 6.07) is 12.0. The number of nitrogens with zero attached hydrogens (tertiary/aromatic N) is 1. The Hall–Kier alpha value is -3.42. The quantitative estimate of drug-likeness (QED) is 0.516. The monoisotopic (exact) mass is 372 g/mol. The lowest BCUT2D eigenvalue weighted by Gasteiger charge is -2.17. The van der Waals surface area contributed by atoms with Crippen molar-refractivity contribution in [3.05, 3.63) is 69.8 Å². The van der Waals surface area contributed by atoms with Crippen molar-refractivity contribution >= 4 is 17.6 Å². The second-order valence-corrected chi connectivity index (χ2v) is 5.91. The first-order valence-electron chi connectivity index (χ1n) is 8.27. The summed E-state index contributed by atoms with van der Waals surface area (Å²) in [4.78, 5) is 33.5. The van der Waals surface area contributed by atoms with Gasteiger partial charge in [0.2, 0.25) is 5.91 Å². The lowest BCUT2D eigenvalue weighted by atomic mass is 10.0. The van der Waals surface area contributed by atoms with E-state index in [9.17, 15) is 19.7 Å². The number of carboxylic acids is 1. The molecular weight excluding hydrogens is 352 g/mol. The van der Waals surface area contributed by atoms with Gasteiger partial charge in [-0.25, -0.2) is 0 Å². The van der Waals surface area contributed by atoms with Crippen molar-refractivity contribution in [1.82, 2.24) is 5.32 Å². The van der Waals surface area contributed by atoms with Gasteiger partial charge in [0, 0.05) is 18.6 Å². The largest absolute Gasteiger partial charge is 0.497 e. The van der Waals surface area contributed by atoms with Gasteiger partial charge < -0.3 is 15.2 Å². The number of hydrogen-bond donors (Lipinski definition) is 2. The van der Waals surface area contributed by atoms with Crippen LogP contribution in [0, 0.1) is 10.1 Å². The average molecular weight is 372 g/mol. The number of carboxylic acid groups (broad SMARTS) is 1. The van der Waals surface area contributed by atoms with Crippen LogP contribution in [0.25, 0.3) is 0 Å². The number of carbonyl (C=O) groups excluding carboxylic acids is 1. The topological polar surface area (TPSA) is 119 Å². The van der Waals surface area contributed by atoms with Gasteiger partial charge in [-0.05, 0) is 29.7 Å². The Balaban J connectivity index is 2.00. The van der Waals surface area contributed by atoms with Gasteiger partial charge in [0.1, 0.15) is 5.75 Å². The van der Waals surface area contributed by atoms with Crippen molar-refractivity contribution in [3.8, 4) is 5.75 Å². The van der Waals surface area contributed by atoms with Crippen LogP contribution in [-0.2, 0) is 16.0 Å². The predicted molar refractivity (Wildman–Crippen MR) is 97.5 cm³/mol. The van der Waals surface area contributed by atoms with Crippen LogP contribution in [0.5, 0.6) is 5.75 Å². The van der Waals surface area contributed by atoms with E-state index in [2.05, 4.69) is 5.32 Å². The summed E-state index contributed by atoms with van der Waals surface area (Å²) in [6.07, 6.45) is 0.372. The van der Waals surface area contributed by atoms with Gasteiger partial charge in [0.05, 0.1) is 24.5 Å². The minimum Gasteiger partial charge on any atom is -0.497 e. The van der Waals surface area contributed by atoms with E-state index in [1.165, 1.54) is 24.3 Å². The Morgan fingerprint density at radius 3 is 2.30 bits per heavy atom. The molecule has 0 radical (unpaired) electrons. The lowest BCUT2D eigenvalue weighted by Crippen LogP contribution is -2.30. The third kappa shape index (κ3) is 6.10. The van der Waals surface area contributed by atoms with Gasteiger partial charge in [-0.3, -0.25) is 19.7 Å². The number of aryl methyl sites for hydroxylation is 1. The molecule has 27 heavy (non-hydrogen) atoms. The van der Waals surface area contributed by atoms with Crippen LogP contribution in [0.4, 0.5) is 5.69 Å². The number of rotatable bonds is 9. The Morgan fingerprint density at radius 2 is 1.78 bits per heavy atom. The van der Waals surface area contributed by atoms with Crippen LogP contribution in [-0.4, -0.2) is 29.0 Å². The van der Waals surface area contributed by atoms with Crippen molar-refractivity contribution in [2.45, 2.75) is 25.3 Å². The number of carbonyl (C=O) groups is 2. The van der Waals surface area contributed by atoms with E-state index in [1.807, 2.05) is 12.1 Å². The molecule has 0 aliphatic heterocycles. The summed E-state index contributed by atoms with van der Waals surface area (Å²) < 4.78 is 5.08. The maximum atomic E-state index is 12.2. The molecule has 0 saturated carbocycles. The second-order valence-electron chi connectivity index (χ2n) is 5.91. The zero-order chi connectivity index (χ0) is 19.8. The molecule has 0 heterocycles. The number of ether oxygens (including phenoxy) is 1. The summed E-state index contributed by atoms with van der Waals surface area (Å²) in [5.74, 6) is -0.646. The fourth-order valence-electron chi connectivity index (χ4n) is 2.57. The lowest BCUT2D eigenvalue weighted by molar-refractivity contribution is -0.384. The standard InChI is InChI=1S/C19H20N2O6/c1-27-16-9-2-13(3-10-16)4-11-18(22)20-17(12-19(23)24)14-5-7-15(8-6-14)21(25)26/h2-3,5-10,17H,4,11-12H2,1H3,(H,20,22)(H,23,24). The molecule has 2 aromatic rings. The highest BCUT2D eigenvalue weighted by molar-refractivity contribution is 5.78. The van der Waals surface area contributed by atoms with E-state index in [0.29, 0.717) is 12.0 Å². The molecule has 8 heteroatoms. The number of amides is 1. The van der Waals surface area contributed by atoms with Crippen LogP contribution in [0.3, 0.4) is 0 Å². The van der Waals surface area contributed by atoms with Crippen LogP contribution >= 0.6 is 0 Å². The van der Waals surface area contributed by atoms with Gasteiger partial charge in [0.15, 0.2) is 0 Å². The highest BCUT2D eigenvalue weighted by Gasteiger charge is 2.19. The highest BCUT2D eigenvalue weighted by atomic mass is 16.6. The molecule has 1 atom stereocenters. The van der Waals surface area contributed by atoms with Crippen LogP contribution in [0.2, 0.25) is 0 Å². The number of nitrogens with one attached hydrogen (secondary N) is 1. The molecule has 0 aliphatic rings. The molecule has 1 amide bonds. The maximum absolute atomic E-state index is 12.2. The van der Waals surface area contributed by atoms with Crippen LogP contribution in [0.1, 0.15) is 30.0 Å². The average Bonchev–Trinajstić information content (AvgIpc) is 2.66. The molecule has 2 rings (SSSR count). The maximum Gasteiger partial charge on any atom is 0.305 e. The minimum atomic E-state index is -1.08. The van der Waals surface area contributed by atoms with Crippen molar-refractivity contribution in [2.24, 2.45) is 0 Å². The molecule has 0 spiro atoms. The van der Waals surface area contributed by atoms with Crippen molar-refractivity contribution in [3.63, 3.8) is 0 Å². The van der Waals surface area contributed by atoms with Gasteiger partial charge >= 0.3 is 5.97 Å². The van der Waals surface area contributed by atoms with Crippen molar-refractivity contribution in [2.75, 3.05) is 7.11 Å². The highest BCUT2D eigenvalue weighted by Crippen LogP contribution is 2.21. The fraction of sp³-hybridized carbons (Fsp3) is 0.263. The molecule has 1 unspecified atom stereocenters. The number of benzene rings is 2. The summed E-state index contributed by atoms with van der Waals surface area (Å²) >= 11 is 0. The number of non-ortho nitro benzene ring substituents is 1. The van der Waals surface area contributed by atoms with E-state index < -0.39 is 16.9 Å². The first-order chi connectivity index (χ1) is 12.9. The first-order valence-corrected chi connectivity index (χ1v) is 8.27. The zero-order valence-corrected chi connectivity index (χ0v) is 14.8. The molecular formula is C19H20N2O6. The van der Waals surface area contributed by atoms with E-state index in [1.54, 1.807) is 19.2 Å². The van der Waals surface area contributed by atoms with E-state index >= 15 is 0 Å². The Labute approximate surface area is 155 Å². The second kappa shape index (κ2) is 9.33. The van der Waals surface area contributed by atoms with Crippen LogP contribution in [0.15, 0.2) is 48.5 Å². The molecule has 142 valence electrons. The Morgan fingerprint density at radius 1 is 1.15 bits per heavy atom. The van der Waals surface area contributed by atoms with E-state index in [0.717, 1.165) is 11.3 Å². The first kappa shape index (κ1) is 19.9. The summed E-state index contributed by atoms with van der Waals surface area (Å²) in [5, 5.41) is 22.5. The molecule has 0 aromatic heterocycles. The predicted octanol–water partition coefficient (Wildman–Crippen LogP) is 2.87. The molecule has 0 saturated heterocycles. The molecule has 2 N–H and O–H groups in total. The molecule has 0 bridgehead atoms. The number of nitro groups is 1. The Bertz CT molecular complexity index is 802. The summed E-state index contributed by atoms with van der Waals surface area (Å²) in [5.41, 5.74) is 1.36. The third-order valence-electron chi connectivity index (χ3n) is 4.02. The van der Waals surface area contributed by atoms with Gasteiger partial charge in [-0.15, -0.1) is 0 Å². The number of nitro benzene ring substituents is 1. The van der Waals surface area contributed by atoms with Gasteiger partial charge in [0.25, 0.3) is 5.69 Å². The molecule has 8 nitrogen and oxygen atoms in total. The number of methoxy groups -OCH3 is 1. The normalized spacial score (nSPS) is 11.4. The van der Waals surface area contributed by atoms with Crippen molar-refractivity contribution in [1.29, 1.82) is 0 Å². The summed E-state index contributed by atoms with van der Waals surface area (Å²) in [6.45, 7) is 0. The van der Waals surface area contributed by atoms with E-state index in [4.69, 9.17) is 9.84 Å². The number of aliphatic carboxylic acids is 1. The van der Waals surface area contributed by atoms with Gasteiger partial charge in [-0.2, -0.15) is 0 Å². The third-order valence-corrected chi connectivity index (χ3v) is 4.02. The zero-order valence-electron chi connectivity index (χ0n) is 14.8. The molecule has 2 aromatic carbocycles. The minimum absolute atomic E-state index is 0.0985. The SMILES string of the molecule is COc1ccc(CCC(=O)NC(CC(=O)O)c2ccc([N+](=O)[O-])cc2)cc1. The molecule has 0 aliphatic carbocycles.